The number of hydrogen-bond acceptors (Lipinski definition) is 1. The molecule has 1 unspecified atom stereocenters. The van der Waals surface area contributed by atoms with E-state index >= 15 is 0 Å². The van der Waals surface area contributed by atoms with Crippen molar-refractivity contribution < 1.29 is 8.78 Å². The summed E-state index contributed by atoms with van der Waals surface area (Å²) < 4.78 is 28.4. The molecule has 21 heavy (non-hydrogen) atoms. The average Bonchev–Trinajstić information content (AvgIpc) is 2.51. The molecular formula is C17H18BrF2N. The highest BCUT2D eigenvalue weighted by Gasteiger charge is 2.19. The van der Waals surface area contributed by atoms with Gasteiger partial charge in [0, 0.05) is 11.6 Å². The molecule has 0 amide bonds. The molecule has 0 radical (unpaired) electrons. The molecular weight excluding hydrogens is 336 g/mol. The fraction of sp³-hybridized carbons (Fsp3) is 0.294. The minimum Gasteiger partial charge on any atom is -0.313 e. The average molecular weight is 354 g/mol. The van der Waals surface area contributed by atoms with Gasteiger partial charge in [-0.1, -0.05) is 31.2 Å². The molecule has 4 heteroatoms. The van der Waals surface area contributed by atoms with Crippen molar-refractivity contribution in [1.29, 1.82) is 0 Å². The van der Waals surface area contributed by atoms with E-state index in [1.807, 2.05) is 31.3 Å². The number of hydrogen-bond donors (Lipinski definition) is 1. The summed E-state index contributed by atoms with van der Waals surface area (Å²) in [5.74, 6) is -1.03. The molecule has 2 aromatic rings. The SMILES string of the molecule is CCc1ccccc1C(Cc1c(F)ccc(Br)c1F)NC. The van der Waals surface area contributed by atoms with Gasteiger partial charge in [-0.3, -0.25) is 0 Å². The summed E-state index contributed by atoms with van der Waals surface area (Å²) >= 11 is 3.11. The monoisotopic (exact) mass is 353 g/mol. The van der Waals surface area contributed by atoms with Crippen molar-refractivity contribution in [3.8, 4) is 0 Å². The largest absolute Gasteiger partial charge is 0.313 e. The van der Waals surface area contributed by atoms with E-state index in [1.165, 1.54) is 17.7 Å². The number of benzene rings is 2. The van der Waals surface area contributed by atoms with Gasteiger partial charge in [0.15, 0.2) is 0 Å². The van der Waals surface area contributed by atoms with Gasteiger partial charge in [-0.15, -0.1) is 0 Å². The zero-order chi connectivity index (χ0) is 15.4. The summed E-state index contributed by atoms with van der Waals surface area (Å²) in [7, 11) is 1.81. The predicted molar refractivity (Wildman–Crippen MR) is 85.4 cm³/mol. The lowest BCUT2D eigenvalue weighted by molar-refractivity contribution is 0.511. The van der Waals surface area contributed by atoms with Crippen LogP contribution in [-0.4, -0.2) is 7.05 Å². The van der Waals surface area contributed by atoms with E-state index in [0.717, 1.165) is 12.0 Å². The second-order valence-corrected chi connectivity index (χ2v) is 5.77. The number of likely N-dealkylation sites (N-methyl/N-ethyl adjacent to an activating group) is 1. The summed E-state index contributed by atoms with van der Waals surface area (Å²) in [6.07, 6.45) is 1.16. The van der Waals surface area contributed by atoms with Crippen LogP contribution in [0.5, 0.6) is 0 Å². The second-order valence-electron chi connectivity index (χ2n) is 4.92. The van der Waals surface area contributed by atoms with Gasteiger partial charge in [-0.25, -0.2) is 8.78 Å². The molecule has 0 heterocycles. The highest BCUT2D eigenvalue weighted by molar-refractivity contribution is 9.10. The summed E-state index contributed by atoms with van der Waals surface area (Å²) in [6.45, 7) is 2.08. The van der Waals surface area contributed by atoms with Crippen molar-refractivity contribution in [1.82, 2.24) is 5.32 Å². The van der Waals surface area contributed by atoms with E-state index in [-0.39, 0.29) is 22.5 Å². The van der Waals surface area contributed by atoms with E-state index in [1.54, 1.807) is 0 Å². The van der Waals surface area contributed by atoms with Gasteiger partial charge < -0.3 is 5.32 Å². The molecule has 0 aliphatic carbocycles. The van der Waals surface area contributed by atoms with Gasteiger partial charge >= 0.3 is 0 Å². The quantitative estimate of drug-likeness (QED) is 0.761. The molecule has 0 fully saturated rings. The first-order chi connectivity index (χ1) is 10.1. The Labute approximate surface area is 132 Å². The highest BCUT2D eigenvalue weighted by atomic mass is 79.9. The maximum Gasteiger partial charge on any atom is 0.143 e. The first-order valence-corrected chi connectivity index (χ1v) is 7.75. The minimum atomic E-state index is -0.524. The first-order valence-electron chi connectivity index (χ1n) is 6.95. The lowest BCUT2D eigenvalue weighted by Gasteiger charge is -2.20. The Morgan fingerprint density at radius 2 is 1.86 bits per heavy atom. The molecule has 1 atom stereocenters. The summed E-state index contributed by atoms with van der Waals surface area (Å²) in [5, 5.41) is 3.17. The minimum absolute atomic E-state index is 0.106. The predicted octanol–water partition coefficient (Wildman–Crippen LogP) is 4.79. The van der Waals surface area contributed by atoms with Gasteiger partial charge in [0.2, 0.25) is 0 Å². The Kier molecular flexibility index (Phi) is 5.48. The third-order valence-electron chi connectivity index (χ3n) is 3.71. The van der Waals surface area contributed by atoms with Crippen LogP contribution in [0.1, 0.15) is 29.7 Å². The molecule has 0 saturated carbocycles. The van der Waals surface area contributed by atoms with Crippen LogP contribution in [0.2, 0.25) is 0 Å². The molecule has 1 nitrogen and oxygen atoms in total. The summed E-state index contributed by atoms with van der Waals surface area (Å²) in [6, 6.07) is 10.5. The van der Waals surface area contributed by atoms with Crippen LogP contribution in [0.3, 0.4) is 0 Å². The van der Waals surface area contributed by atoms with Crippen molar-refractivity contribution in [2.45, 2.75) is 25.8 Å². The Morgan fingerprint density at radius 1 is 1.14 bits per heavy atom. The van der Waals surface area contributed by atoms with Crippen LogP contribution in [0.4, 0.5) is 8.78 Å². The molecule has 112 valence electrons. The van der Waals surface area contributed by atoms with Gasteiger partial charge in [0.25, 0.3) is 0 Å². The van der Waals surface area contributed by atoms with Crippen LogP contribution in [-0.2, 0) is 12.8 Å². The Bertz CT molecular complexity index is 628. The highest BCUT2D eigenvalue weighted by Crippen LogP contribution is 2.28. The maximum absolute atomic E-state index is 14.1. The van der Waals surface area contributed by atoms with Gasteiger partial charge in [-0.05, 0) is 59.1 Å². The van der Waals surface area contributed by atoms with E-state index in [0.29, 0.717) is 0 Å². The zero-order valence-electron chi connectivity index (χ0n) is 12.1. The van der Waals surface area contributed by atoms with E-state index < -0.39 is 11.6 Å². The fourth-order valence-corrected chi connectivity index (χ4v) is 2.90. The van der Waals surface area contributed by atoms with Crippen LogP contribution >= 0.6 is 15.9 Å². The Balaban J connectivity index is 2.38. The van der Waals surface area contributed by atoms with Gasteiger partial charge in [0.1, 0.15) is 11.6 Å². The maximum atomic E-state index is 14.1. The Morgan fingerprint density at radius 3 is 2.52 bits per heavy atom. The number of aryl methyl sites for hydroxylation is 1. The third-order valence-corrected chi connectivity index (χ3v) is 4.32. The van der Waals surface area contributed by atoms with Crippen molar-refractivity contribution in [3.63, 3.8) is 0 Å². The van der Waals surface area contributed by atoms with Crippen LogP contribution < -0.4 is 5.32 Å². The number of halogens is 3. The van der Waals surface area contributed by atoms with E-state index in [9.17, 15) is 8.78 Å². The lowest BCUT2D eigenvalue weighted by Crippen LogP contribution is -2.21. The molecule has 0 aliphatic heterocycles. The Hall–Kier alpha value is -1.26. The molecule has 0 saturated heterocycles. The third kappa shape index (κ3) is 3.50. The van der Waals surface area contributed by atoms with Crippen molar-refractivity contribution in [2.24, 2.45) is 0 Å². The molecule has 1 N–H and O–H groups in total. The first kappa shape index (κ1) is 16.1. The topological polar surface area (TPSA) is 12.0 Å². The molecule has 2 rings (SSSR count). The van der Waals surface area contributed by atoms with Crippen LogP contribution in [0.15, 0.2) is 40.9 Å². The van der Waals surface area contributed by atoms with Crippen molar-refractivity contribution in [3.05, 3.63) is 69.2 Å². The van der Waals surface area contributed by atoms with Gasteiger partial charge in [-0.2, -0.15) is 0 Å². The smallest absolute Gasteiger partial charge is 0.143 e. The van der Waals surface area contributed by atoms with Crippen molar-refractivity contribution >= 4 is 15.9 Å². The molecule has 2 aromatic carbocycles. The molecule has 0 bridgehead atoms. The zero-order valence-corrected chi connectivity index (χ0v) is 13.7. The van der Waals surface area contributed by atoms with E-state index in [4.69, 9.17) is 0 Å². The second kappa shape index (κ2) is 7.14. The molecule has 0 spiro atoms. The standard InChI is InChI=1S/C17H18BrF2N/c1-3-11-6-4-5-7-12(11)16(21-2)10-13-15(19)9-8-14(18)17(13)20/h4-9,16,21H,3,10H2,1-2H3. The summed E-state index contributed by atoms with van der Waals surface area (Å²) in [4.78, 5) is 0. The lowest BCUT2D eigenvalue weighted by atomic mass is 9.93. The molecule has 0 aromatic heterocycles. The van der Waals surface area contributed by atoms with Crippen LogP contribution in [0.25, 0.3) is 0 Å². The normalized spacial score (nSPS) is 12.4. The van der Waals surface area contributed by atoms with Crippen LogP contribution in [0, 0.1) is 11.6 Å². The number of nitrogens with one attached hydrogen (secondary N) is 1. The van der Waals surface area contributed by atoms with Crippen molar-refractivity contribution in [2.75, 3.05) is 7.05 Å². The molecule has 0 aliphatic rings. The van der Waals surface area contributed by atoms with Gasteiger partial charge in [0.05, 0.1) is 4.47 Å². The summed E-state index contributed by atoms with van der Waals surface area (Å²) in [5.41, 5.74) is 2.38. The number of rotatable bonds is 5. The fourth-order valence-electron chi connectivity index (χ4n) is 2.52. The van der Waals surface area contributed by atoms with E-state index in [2.05, 4.69) is 28.2 Å².